The first-order chi connectivity index (χ1) is 14.3. The molecule has 10 heteroatoms. The van der Waals surface area contributed by atoms with Crippen molar-refractivity contribution >= 4 is 35.4 Å². The first-order valence-electron chi connectivity index (χ1n) is 10.0. The summed E-state index contributed by atoms with van der Waals surface area (Å²) >= 11 is 1.56. The number of amides is 3. The minimum atomic E-state index is -1.42. The van der Waals surface area contributed by atoms with Gasteiger partial charge in [-0.25, -0.2) is 4.79 Å². The Kier molecular flexibility index (Phi) is 7.43. The molecule has 3 N–H and O–H groups in total. The summed E-state index contributed by atoms with van der Waals surface area (Å²) in [6.45, 7) is 1.55. The molecule has 3 aliphatic rings. The van der Waals surface area contributed by atoms with Gasteiger partial charge >= 0.3 is 35.6 Å². The van der Waals surface area contributed by atoms with Crippen LogP contribution in [0.5, 0.6) is 0 Å². The molecule has 2 fully saturated rings. The van der Waals surface area contributed by atoms with Crippen LogP contribution >= 0.6 is 11.8 Å². The van der Waals surface area contributed by atoms with Crippen LogP contribution in [0.3, 0.4) is 0 Å². The van der Waals surface area contributed by atoms with Crippen molar-refractivity contribution < 1.29 is 54.2 Å². The fraction of sp³-hybridized carbons (Fsp3) is 0.476. The Morgan fingerprint density at radius 2 is 2.06 bits per heavy atom. The Morgan fingerprint density at radius 3 is 2.71 bits per heavy atom. The minimum Gasteiger partial charge on any atom is -0.543 e. The average Bonchev–Trinajstić information content (AvgIpc) is 2.99. The Hall–Kier alpha value is -1.52. The van der Waals surface area contributed by atoms with Crippen LogP contribution in [0.15, 0.2) is 40.4 Å². The number of hydrogen-bond donors (Lipinski definition) is 3. The van der Waals surface area contributed by atoms with Crippen molar-refractivity contribution in [1.82, 2.24) is 10.2 Å². The maximum atomic E-state index is 12.6. The van der Waals surface area contributed by atoms with E-state index in [0.717, 1.165) is 11.3 Å². The first kappa shape index (κ1) is 24.1. The summed E-state index contributed by atoms with van der Waals surface area (Å²) < 4.78 is 0. The van der Waals surface area contributed by atoms with Crippen molar-refractivity contribution in [2.24, 2.45) is 11.8 Å². The second-order valence-corrected chi connectivity index (χ2v) is 8.86. The fourth-order valence-corrected chi connectivity index (χ4v) is 5.51. The van der Waals surface area contributed by atoms with Crippen LogP contribution in [0.1, 0.15) is 26.2 Å². The van der Waals surface area contributed by atoms with Crippen LogP contribution in [0.4, 0.5) is 10.5 Å². The number of aliphatic carboxylic acids is 1. The summed E-state index contributed by atoms with van der Waals surface area (Å²) in [4.78, 5) is 39.3. The normalized spacial score (nSPS) is 27.5. The largest absolute Gasteiger partial charge is 1.00 e. The summed E-state index contributed by atoms with van der Waals surface area (Å²) in [7, 11) is 0. The number of carboxylic acids is 1. The number of fused-ring (bicyclic) bond motifs is 3. The van der Waals surface area contributed by atoms with Gasteiger partial charge in [-0.3, -0.25) is 4.79 Å². The minimum absolute atomic E-state index is 0. The molecule has 2 heterocycles. The number of aliphatic hydroxyl groups is 1. The Labute approximate surface area is 207 Å². The zero-order valence-corrected chi connectivity index (χ0v) is 20.6. The molecule has 1 unspecified atom stereocenters. The number of urea groups is 1. The number of rotatable bonds is 5. The maximum absolute atomic E-state index is 12.6. The van der Waals surface area contributed by atoms with Gasteiger partial charge in [-0.1, -0.05) is 12.5 Å². The van der Waals surface area contributed by atoms with Gasteiger partial charge in [-0.2, -0.15) is 0 Å². The first-order valence-corrected chi connectivity index (χ1v) is 11.2. The van der Waals surface area contributed by atoms with Crippen molar-refractivity contribution in [3.63, 3.8) is 0 Å². The van der Waals surface area contributed by atoms with Crippen molar-refractivity contribution in [2.45, 2.75) is 49.3 Å². The molecule has 1 saturated carbocycles. The smallest absolute Gasteiger partial charge is 0.543 e. The third kappa shape index (κ3) is 4.26. The molecule has 1 saturated heterocycles. The van der Waals surface area contributed by atoms with Crippen molar-refractivity contribution in [3.8, 4) is 0 Å². The number of nitrogens with zero attached hydrogens (tertiary/aromatic N) is 1. The van der Waals surface area contributed by atoms with E-state index in [1.165, 1.54) is 4.90 Å². The molecule has 0 bridgehead atoms. The van der Waals surface area contributed by atoms with E-state index < -0.39 is 36.0 Å². The van der Waals surface area contributed by atoms with Crippen LogP contribution in [0.2, 0.25) is 0 Å². The molecule has 8 nitrogen and oxygen atoms in total. The van der Waals surface area contributed by atoms with E-state index in [2.05, 4.69) is 10.6 Å². The van der Waals surface area contributed by atoms with Crippen molar-refractivity contribution in [2.75, 3.05) is 11.6 Å². The molecule has 1 aromatic carbocycles. The van der Waals surface area contributed by atoms with Crippen molar-refractivity contribution in [3.05, 3.63) is 35.5 Å². The molecule has 4 rings (SSSR count). The molecular formula is C21H24N3NaO5S. The molecule has 3 amide bonds. The molecule has 5 atom stereocenters. The van der Waals surface area contributed by atoms with Gasteiger partial charge in [-0.05, 0) is 49.8 Å². The van der Waals surface area contributed by atoms with Gasteiger partial charge in [0.2, 0.25) is 5.91 Å². The molecule has 1 aliphatic carbocycles. The summed E-state index contributed by atoms with van der Waals surface area (Å²) in [5.74, 6) is -2.64. The predicted molar refractivity (Wildman–Crippen MR) is 109 cm³/mol. The fourth-order valence-electron chi connectivity index (χ4n) is 5.05. The van der Waals surface area contributed by atoms with Gasteiger partial charge in [0.05, 0.1) is 35.8 Å². The topological polar surface area (TPSA) is 122 Å². The number of benzene rings is 1. The van der Waals surface area contributed by atoms with E-state index in [-0.39, 0.29) is 47.2 Å². The van der Waals surface area contributed by atoms with Crippen LogP contribution in [-0.4, -0.2) is 52.4 Å². The van der Waals surface area contributed by atoms with Gasteiger partial charge in [-0.15, -0.1) is 11.8 Å². The van der Waals surface area contributed by atoms with Gasteiger partial charge < -0.3 is 30.5 Å². The van der Waals surface area contributed by atoms with E-state index >= 15 is 0 Å². The number of hydrogen-bond acceptors (Lipinski definition) is 6. The molecule has 160 valence electrons. The van der Waals surface area contributed by atoms with E-state index in [1.54, 1.807) is 24.8 Å². The SMILES string of the molecule is CSc1cccc(NC(=O)N[C@H]2CCC[C@H]3C2=C(C(=O)[O-])N2C(=O)[C@H](C(C)O)[C@@H]32)c1.[Na+]. The van der Waals surface area contributed by atoms with Gasteiger partial charge in [0.1, 0.15) is 0 Å². The molecule has 1 aromatic rings. The Balaban J connectivity index is 0.00000272. The summed E-state index contributed by atoms with van der Waals surface area (Å²) in [5, 5.41) is 27.6. The molecule has 0 spiro atoms. The van der Waals surface area contributed by atoms with Crippen LogP contribution in [0, 0.1) is 11.8 Å². The average molecular weight is 453 g/mol. The van der Waals surface area contributed by atoms with Gasteiger partial charge in [0.15, 0.2) is 0 Å². The Morgan fingerprint density at radius 1 is 1.32 bits per heavy atom. The number of carbonyl (C=O) groups excluding carboxylic acids is 3. The maximum Gasteiger partial charge on any atom is 1.00 e. The van der Waals surface area contributed by atoms with Crippen LogP contribution in [-0.2, 0) is 9.59 Å². The van der Waals surface area contributed by atoms with E-state index in [9.17, 15) is 24.6 Å². The second kappa shape index (κ2) is 9.54. The summed E-state index contributed by atoms with van der Waals surface area (Å²) in [5.41, 5.74) is 1.04. The predicted octanol–water partition coefficient (Wildman–Crippen LogP) is -2.07. The van der Waals surface area contributed by atoms with E-state index in [0.29, 0.717) is 24.1 Å². The zero-order chi connectivity index (χ0) is 21.6. The number of aliphatic hydroxyl groups excluding tert-OH is 1. The molecule has 2 aliphatic heterocycles. The zero-order valence-electron chi connectivity index (χ0n) is 17.8. The quantitative estimate of drug-likeness (QED) is 0.268. The number of carboxylic acid groups (broad SMARTS) is 1. The number of nitrogens with one attached hydrogen (secondary N) is 2. The standard InChI is InChI=1S/C21H25N3O5S.Na/c1-10(25)15-17-13-7-4-8-14(16(13)18(20(27)28)24(17)19(15)26)23-21(29)22-11-5-3-6-12(9-11)30-2;/h3,5-6,9-10,13-15,17,25H,4,7-8H2,1-2H3,(H,27,28)(H2,22,23,29);/q;+1/p-1/t10?,13-,14-,15+,17+;/m0./s1. The van der Waals surface area contributed by atoms with E-state index in [1.807, 2.05) is 24.5 Å². The number of carbonyl (C=O) groups is 3. The molecular weight excluding hydrogens is 429 g/mol. The summed E-state index contributed by atoms with van der Waals surface area (Å²) in [6, 6.07) is 6.10. The third-order valence-corrected chi connectivity index (χ3v) is 6.97. The number of β-lactam (4-membered cyclic amide) rings is 1. The monoisotopic (exact) mass is 453 g/mol. The van der Waals surface area contributed by atoms with Crippen LogP contribution < -0.4 is 45.3 Å². The molecule has 31 heavy (non-hydrogen) atoms. The van der Waals surface area contributed by atoms with Gasteiger partial charge in [0, 0.05) is 16.5 Å². The van der Waals surface area contributed by atoms with Crippen LogP contribution in [0.25, 0.3) is 0 Å². The Bertz CT molecular complexity index is 937. The number of thioether (sulfide) groups is 1. The summed E-state index contributed by atoms with van der Waals surface area (Å²) in [6.07, 6.45) is 3.16. The van der Waals surface area contributed by atoms with Gasteiger partial charge in [0.25, 0.3) is 0 Å². The number of anilines is 1. The molecule has 0 radical (unpaired) electrons. The van der Waals surface area contributed by atoms with E-state index in [4.69, 9.17) is 0 Å². The molecule has 0 aromatic heterocycles. The third-order valence-electron chi connectivity index (χ3n) is 6.24. The second-order valence-electron chi connectivity index (χ2n) is 7.98. The van der Waals surface area contributed by atoms with Crippen molar-refractivity contribution in [1.29, 1.82) is 0 Å².